The third-order valence-corrected chi connectivity index (χ3v) is 5.09. The lowest BCUT2D eigenvalue weighted by atomic mass is 9.73. The van der Waals surface area contributed by atoms with Gasteiger partial charge in [-0.3, -0.25) is 0 Å². The Hall–Kier alpha value is -0.720. The van der Waals surface area contributed by atoms with Gasteiger partial charge >= 0.3 is 12.4 Å². The zero-order valence-electron chi connectivity index (χ0n) is 12.6. The molecule has 0 unspecified atom stereocenters. The lowest BCUT2D eigenvalue weighted by molar-refractivity contribution is -0.288. The van der Waals surface area contributed by atoms with E-state index >= 15 is 0 Å². The molecule has 0 bridgehead atoms. The minimum atomic E-state index is -5.94. The fourth-order valence-electron chi connectivity index (χ4n) is 2.60. The molecule has 0 radical (unpaired) electrons. The van der Waals surface area contributed by atoms with Crippen LogP contribution in [0.15, 0.2) is 43.8 Å². The summed E-state index contributed by atoms with van der Waals surface area (Å²) < 4.78 is 111. The minimum Gasteiger partial charge on any atom is -0.205 e. The molecule has 0 aliphatic heterocycles. The smallest absolute Gasteiger partial charge is 0.205 e. The Morgan fingerprint density at radius 3 is 0.926 bits per heavy atom. The van der Waals surface area contributed by atoms with Crippen molar-refractivity contribution in [3.05, 3.63) is 47.0 Å². The van der Waals surface area contributed by atoms with Crippen molar-refractivity contribution in [1.29, 1.82) is 0 Å². The lowest BCUT2D eigenvalue weighted by Gasteiger charge is -2.38. The van der Waals surface area contributed by atoms with Gasteiger partial charge in [0.15, 0.2) is 0 Å². The third-order valence-electron chi connectivity index (χ3n) is 3.78. The van der Waals surface area contributed by atoms with Gasteiger partial charge in [-0.25, -0.2) is 8.78 Å². The van der Waals surface area contributed by atoms with Gasteiger partial charge in [0.25, 0.3) is 0 Å². The predicted molar refractivity (Wildman–Crippen MR) is 94.7 cm³/mol. The van der Waals surface area contributed by atoms with Gasteiger partial charge in [-0.05, 0) is 35.4 Å². The molecule has 0 saturated carbocycles. The first-order valence-corrected chi connectivity index (χ1v) is 8.50. The summed E-state index contributed by atoms with van der Waals surface area (Å²) in [6, 6.07) is 1.22. The second-order valence-electron chi connectivity index (χ2n) is 5.40. The standard InChI is InChI=1S/C15H8F8S4/c16-11-7(24)1-5(2-8(11)25)13(14(18,19)20,15(21,22)23)6-3-9(26)12(17)10(27)4-6/h1-4,24-27H. The Morgan fingerprint density at radius 1 is 0.519 bits per heavy atom. The zero-order chi connectivity index (χ0) is 20.9. The molecule has 0 aromatic heterocycles. The highest BCUT2D eigenvalue weighted by Crippen LogP contribution is 2.57. The topological polar surface area (TPSA) is 0 Å². The molecular formula is C15H8F8S4. The number of benzene rings is 2. The molecule has 0 amide bonds. The third kappa shape index (κ3) is 3.65. The normalized spacial score (nSPS) is 13.2. The van der Waals surface area contributed by atoms with Crippen LogP contribution in [0.3, 0.4) is 0 Å². The van der Waals surface area contributed by atoms with Crippen LogP contribution in [-0.2, 0) is 5.41 Å². The highest BCUT2D eigenvalue weighted by Gasteiger charge is 2.72. The van der Waals surface area contributed by atoms with E-state index in [0.717, 1.165) is 0 Å². The quantitative estimate of drug-likeness (QED) is 0.280. The van der Waals surface area contributed by atoms with Crippen molar-refractivity contribution in [3.63, 3.8) is 0 Å². The molecule has 0 heterocycles. The van der Waals surface area contributed by atoms with Crippen LogP contribution >= 0.6 is 50.5 Å². The molecule has 0 nitrogen and oxygen atoms in total. The number of hydrogen-bond donors (Lipinski definition) is 4. The van der Waals surface area contributed by atoms with Crippen molar-refractivity contribution < 1.29 is 35.1 Å². The van der Waals surface area contributed by atoms with Crippen LogP contribution in [0.1, 0.15) is 11.1 Å². The summed E-state index contributed by atoms with van der Waals surface area (Å²) in [7, 11) is 0. The van der Waals surface area contributed by atoms with Gasteiger partial charge in [-0.2, -0.15) is 26.3 Å². The summed E-state index contributed by atoms with van der Waals surface area (Å²) in [5.74, 6) is -2.37. The summed E-state index contributed by atoms with van der Waals surface area (Å²) in [5, 5.41) is 0. The molecule has 148 valence electrons. The van der Waals surface area contributed by atoms with Gasteiger partial charge < -0.3 is 0 Å². The predicted octanol–water partition coefficient (Wildman–Crippen LogP) is 6.53. The van der Waals surface area contributed by atoms with Gasteiger partial charge in [-0.15, -0.1) is 50.5 Å². The van der Waals surface area contributed by atoms with Crippen LogP contribution < -0.4 is 0 Å². The van der Waals surface area contributed by atoms with Crippen LogP contribution in [0, 0.1) is 11.6 Å². The van der Waals surface area contributed by atoms with Crippen molar-refractivity contribution >= 4 is 50.5 Å². The Kier molecular flexibility index (Phi) is 6.08. The van der Waals surface area contributed by atoms with Gasteiger partial charge in [0.2, 0.25) is 5.41 Å². The molecule has 0 N–H and O–H groups in total. The van der Waals surface area contributed by atoms with Crippen LogP contribution in [0.5, 0.6) is 0 Å². The summed E-state index contributed by atoms with van der Waals surface area (Å²) in [5.41, 5.74) is -7.39. The van der Waals surface area contributed by atoms with Crippen LogP contribution in [0.25, 0.3) is 0 Å². The van der Waals surface area contributed by atoms with E-state index < -0.39 is 60.1 Å². The maximum atomic E-state index is 14.0. The van der Waals surface area contributed by atoms with E-state index in [-0.39, 0.29) is 0 Å². The highest BCUT2D eigenvalue weighted by molar-refractivity contribution is 7.81. The van der Waals surface area contributed by atoms with E-state index in [4.69, 9.17) is 0 Å². The van der Waals surface area contributed by atoms with Crippen molar-refractivity contribution in [2.75, 3.05) is 0 Å². The highest BCUT2D eigenvalue weighted by atomic mass is 32.1. The van der Waals surface area contributed by atoms with Crippen molar-refractivity contribution in [2.45, 2.75) is 37.3 Å². The molecule has 2 aromatic rings. The van der Waals surface area contributed by atoms with Gasteiger partial charge in [-0.1, -0.05) is 0 Å². The molecular weight excluding hydrogens is 460 g/mol. The molecule has 0 aliphatic carbocycles. The molecule has 2 rings (SSSR count). The average Bonchev–Trinajstić information content (AvgIpc) is 2.47. The number of halogens is 8. The maximum Gasteiger partial charge on any atom is 0.411 e. The van der Waals surface area contributed by atoms with E-state index in [1.807, 2.05) is 0 Å². The van der Waals surface area contributed by atoms with E-state index in [0.29, 0.717) is 24.3 Å². The fraction of sp³-hybridized carbons (Fsp3) is 0.200. The average molecular weight is 468 g/mol. The SMILES string of the molecule is Fc1c(S)cc(C(c2cc(S)c(F)c(S)c2)(C(F)(F)F)C(F)(F)F)cc1S. The van der Waals surface area contributed by atoms with Crippen molar-refractivity contribution in [2.24, 2.45) is 0 Å². The summed E-state index contributed by atoms with van der Waals surface area (Å²) in [6.45, 7) is 0. The summed E-state index contributed by atoms with van der Waals surface area (Å²) >= 11 is 14.3. The Balaban J connectivity index is 3.06. The van der Waals surface area contributed by atoms with E-state index in [1.165, 1.54) is 0 Å². The Labute approximate surface area is 170 Å². The first-order valence-electron chi connectivity index (χ1n) is 6.72. The monoisotopic (exact) mass is 468 g/mol. The largest absolute Gasteiger partial charge is 0.411 e. The minimum absolute atomic E-state index is 0.304. The molecule has 12 heteroatoms. The first-order chi connectivity index (χ1) is 12.1. The van der Waals surface area contributed by atoms with Crippen molar-refractivity contribution in [1.82, 2.24) is 0 Å². The summed E-state index contributed by atoms with van der Waals surface area (Å²) in [4.78, 5) is -3.08. The molecule has 0 aliphatic rings. The Morgan fingerprint density at radius 2 is 0.741 bits per heavy atom. The molecule has 27 heavy (non-hydrogen) atoms. The summed E-state index contributed by atoms with van der Waals surface area (Å²) in [6.07, 6.45) is -11.9. The molecule has 2 aromatic carbocycles. The number of rotatable bonds is 2. The second kappa shape index (κ2) is 7.27. The number of thiol groups is 4. The fourth-order valence-corrected chi connectivity index (χ4v) is 3.82. The van der Waals surface area contributed by atoms with Crippen LogP contribution in [0.2, 0.25) is 0 Å². The number of hydrogen-bond acceptors (Lipinski definition) is 4. The molecule has 0 spiro atoms. The van der Waals surface area contributed by atoms with E-state index in [1.54, 1.807) is 0 Å². The Bertz CT molecular complexity index is 769. The van der Waals surface area contributed by atoms with Crippen molar-refractivity contribution in [3.8, 4) is 0 Å². The lowest BCUT2D eigenvalue weighted by Crippen LogP contribution is -2.55. The van der Waals surface area contributed by atoms with Gasteiger partial charge in [0.05, 0.1) is 0 Å². The number of alkyl halides is 6. The molecule has 0 atom stereocenters. The zero-order valence-corrected chi connectivity index (χ0v) is 16.2. The first kappa shape index (κ1) is 22.6. The van der Waals surface area contributed by atoms with Crippen LogP contribution in [0.4, 0.5) is 35.1 Å². The van der Waals surface area contributed by atoms with Gasteiger partial charge in [0.1, 0.15) is 11.6 Å². The molecule has 0 saturated heterocycles. The van der Waals surface area contributed by atoms with E-state index in [2.05, 4.69) is 50.5 Å². The molecule has 0 fully saturated rings. The maximum absolute atomic E-state index is 14.0. The van der Waals surface area contributed by atoms with Gasteiger partial charge in [0, 0.05) is 19.6 Å². The second-order valence-corrected chi connectivity index (χ2v) is 7.33. The van der Waals surface area contributed by atoms with E-state index in [9.17, 15) is 35.1 Å². The van der Waals surface area contributed by atoms with Crippen LogP contribution in [-0.4, -0.2) is 12.4 Å².